The predicted molar refractivity (Wildman–Crippen MR) is 86.2 cm³/mol. The van der Waals surface area contributed by atoms with Crippen LogP contribution in [-0.4, -0.2) is 41.7 Å². The van der Waals surface area contributed by atoms with Crippen molar-refractivity contribution in [2.75, 3.05) is 13.6 Å². The van der Waals surface area contributed by atoms with E-state index < -0.39 is 0 Å². The quantitative estimate of drug-likeness (QED) is 0.877. The molecule has 4 heteroatoms. The standard InChI is InChI=1S/C16H28N2OS/c1-11-10-18(4)13(3)9-14(11)17-12(2)8-15(19)16-6-5-7-20-16/h5-7,11-15,17,19H,8-10H2,1-4H3. The van der Waals surface area contributed by atoms with Crippen molar-refractivity contribution in [1.29, 1.82) is 0 Å². The van der Waals surface area contributed by atoms with Gasteiger partial charge in [0.2, 0.25) is 0 Å². The van der Waals surface area contributed by atoms with Crippen LogP contribution in [-0.2, 0) is 0 Å². The summed E-state index contributed by atoms with van der Waals surface area (Å²) in [6.45, 7) is 7.96. The first-order valence-electron chi connectivity index (χ1n) is 7.65. The summed E-state index contributed by atoms with van der Waals surface area (Å²) < 4.78 is 0. The van der Waals surface area contributed by atoms with Gasteiger partial charge in [-0.3, -0.25) is 0 Å². The molecule has 1 aromatic rings. The fraction of sp³-hybridized carbons (Fsp3) is 0.750. The molecule has 0 aromatic carbocycles. The number of rotatable bonds is 5. The fourth-order valence-electron chi connectivity index (χ4n) is 3.14. The summed E-state index contributed by atoms with van der Waals surface area (Å²) in [5, 5.41) is 16.0. The number of thiophene rings is 1. The van der Waals surface area contributed by atoms with Crippen LogP contribution in [0.2, 0.25) is 0 Å². The van der Waals surface area contributed by atoms with Crippen molar-refractivity contribution in [2.45, 2.75) is 57.8 Å². The third kappa shape index (κ3) is 4.04. The van der Waals surface area contributed by atoms with E-state index in [4.69, 9.17) is 0 Å². The number of likely N-dealkylation sites (tertiary alicyclic amines) is 1. The number of nitrogens with one attached hydrogen (secondary N) is 1. The van der Waals surface area contributed by atoms with Gasteiger partial charge >= 0.3 is 0 Å². The van der Waals surface area contributed by atoms with Crippen molar-refractivity contribution in [3.63, 3.8) is 0 Å². The van der Waals surface area contributed by atoms with E-state index >= 15 is 0 Å². The molecule has 2 N–H and O–H groups in total. The summed E-state index contributed by atoms with van der Waals surface area (Å²) in [6, 6.07) is 5.56. The topological polar surface area (TPSA) is 35.5 Å². The Bertz CT molecular complexity index is 395. The Hall–Kier alpha value is -0.420. The van der Waals surface area contributed by atoms with Gasteiger partial charge < -0.3 is 15.3 Å². The normalized spacial score (nSPS) is 31.1. The molecule has 5 unspecified atom stereocenters. The molecule has 1 fully saturated rings. The Morgan fingerprint density at radius 1 is 1.50 bits per heavy atom. The summed E-state index contributed by atoms with van der Waals surface area (Å²) in [5.41, 5.74) is 0. The average Bonchev–Trinajstić information content (AvgIpc) is 2.89. The van der Waals surface area contributed by atoms with Crippen molar-refractivity contribution < 1.29 is 5.11 Å². The Labute approximate surface area is 127 Å². The summed E-state index contributed by atoms with van der Waals surface area (Å²) in [7, 11) is 2.21. The van der Waals surface area contributed by atoms with Gasteiger partial charge in [0.05, 0.1) is 6.10 Å². The van der Waals surface area contributed by atoms with Crippen LogP contribution in [0, 0.1) is 5.92 Å². The zero-order valence-electron chi connectivity index (χ0n) is 13.0. The highest BCUT2D eigenvalue weighted by molar-refractivity contribution is 7.10. The number of hydrogen-bond acceptors (Lipinski definition) is 4. The second-order valence-electron chi connectivity index (χ2n) is 6.44. The molecular formula is C16H28N2OS. The smallest absolute Gasteiger partial charge is 0.0896 e. The lowest BCUT2D eigenvalue weighted by Crippen LogP contribution is -2.52. The zero-order chi connectivity index (χ0) is 14.7. The van der Waals surface area contributed by atoms with E-state index in [1.165, 1.54) is 6.42 Å². The first kappa shape index (κ1) is 16.0. The van der Waals surface area contributed by atoms with Crippen molar-refractivity contribution in [1.82, 2.24) is 10.2 Å². The molecule has 114 valence electrons. The number of aliphatic hydroxyl groups excluding tert-OH is 1. The molecule has 0 amide bonds. The van der Waals surface area contributed by atoms with Gasteiger partial charge in [-0.15, -0.1) is 11.3 Å². The maximum absolute atomic E-state index is 10.2. The van der Waals surface area contributed by atoms with Crippen LogP contribution >= 0.6 is 11.3 Å². The van der Waals surface area contributed by atoms with E-state index in [0.29, 0.717) is 24.0 Å². The van der Waals surface area contributed by atoms with E-state index in [2.05, 4.69) is 38.0 Å². The molecule has 0 bridgehead atoms. The van der Waals surface area contributed by atoms with Crippen LogP contribution in [0.5, 0.6) is 0 Å². The second kappa shape index (κ2) is 7.03. The Morgan fingerprint density at radius 2 is 2.25 bits per heavy atom. The molecule has 5 atom stereocenters. The molecule has 3 nitrogen and oxygen atoms in total. The van der Waals surface area contributed by atoms with E-state index in [-0.39, 0.29) is 6.10 Å². The molecule has 1 aromatic heterocycles. The second-order valence-corrected chi connectivity index (χ2v) is 7.42. The minimum atomic E-state index is -0.337. The fourth-order valence-corrected chi connectivity index (χ4v) is 3.86. The SMILES string of the molecule is CC(CC(O)c1cccs1)NC1CC(C)N(C)CC1C. The van der Waals surface area contributed by atoms with Gasteiger partial charge in [0.15, 0.2) is 0 Å². The predicted octanol–water partition coefficient (Wildman–Crippen LogP) is 2.88. The van der Waals surface area contributed by atoms with Gasteiger partial charge in [-0.25, -0.2) is 0 Å². The molecule has 20 heavy (non-hydrogen) atoms. The van der Waals surface area contributed by atoms with Gasteiger partial charge in [0, 0.05) is 29.5 Å². The van der Waals surface area contributed by atoms with E-state index in [0.717, 1.165) is 17.8 Å². The van der Waals surface area contributed by atoms with Crippen LogP contribution in [0.15, 0.2) is 17.5 Å². The number of aliphatic hydroxyl groups is 1. The van der Waals surface area contributed by atoms with Crippen LogP contribution in [0.25, 0.3) is 0 Å². The van der Waals surface area contributed by atoms with Crippen molar-refractivity contribution in [3.8, 4) is 0 Å². The molecule has 0 saturated carbocycles. The van der Waals surface area contributed by atoms with Crippen molar-refractivity contribution in [3.05, 3.63) is 22.4 Å². The third-order valence-electron chi connectivity index (χ3n) is 4.56. The van der Waals surface area contributed by atoms with E-state index in [1.807, 2.05) is 17.5 Å². The number of nitrogens with zero attached hydrogens (tertiary/aromatic N) is 1. The molecule has 1 aliphatic heterocycles. The first-order chi connectivity index (χ1) is 9.47. The summed E-state index contributed by atoms with van der Waals surface area (Å²) in [5.74, 6) is 0.664. The molecule has 1 aliphatic rings. The average molecular weight is 296 g/mol. The summed E-state index contributed by atoms with van der Waals surface area (Å²) in [6.07, 6.45) is 1.64. The molecule has 0 radical (unpaired) electrons. The Kier molecular flexibility index (Phi) is 5.61. The molecule has 2 heterocycles. The minimum absolute atomic E-state index is 0.337. The first-order valence-corrected chi connectivity index (χ1v) is 8.53. The zero-order valence-corrected chi connectivity index (χ0v) is 13.9. The van der Waals surface area contributed by atoms with Gasteiger partial charge in [-0.05, 0) is 51.1 Å². The maximum Gasteiger partial charge on any atom is 0.0896 e. The molecule has 2 rings (SSSR count). The lowest BCUT2D eigenvalue weighted by Gasteiger charge is -2.41. The van der Waals surface area contributed by atoms with Gasteiger partial charge in [-0.1, -0.05) is 13.0 Å². The summed E-state index contributed by atoms with van der Waals surface area (Å²) >= 11 is 1.64. The highest BCUT2D eigenvalue weighted by Crippen LogP contribution is 2.25. The van der Waals surface area contributed by atoms with Crippen molar-refractivity contribution in [2.24, 2.45) is 5.92 Å². The van der Waals surface area contributed by atoms with Crippen LogP contribution in [0.4, 0.5) is 0 Å². The highest BCUT2D eigenvalue weighted by Gasteiger charge is 2.29. The van der Waals surface area contributed by atoms with E-state index in [1.54, 1.807) is 11.3 Å². The van der Waals surface area contributed by atoms with Crippen LogP contribution in [0.3, 0.4) is 0 Å². The lowest BCUT2D eigenvalue weighted by molar-refractivity contribution is 0.105. The Morgan fingerprint density at radius 3 is 2.90 bits per heavy atom. The summed E-state index contributed by atoms with van der Waals surface area (Å²) in [4.78, 5) is 3.51. The Balaban J connectivity index is 1.83. The largest absolute Gasteiger partial charge is 0.388 e. The van der Waals surface area contributed by atoms with Crippen molar-refractivity contribution >= 4 is 11.3 Å². The molecule has 0 spiro atoms. The van der Waals surface area contributed by atoms with Gasteiger partial charge in [0.25, 0.3) is 0 Å². The van der Waals surface area contributed by atoms with Crippen LogP contribution in [0.1, 0.15) is 44.6 Å². The highest BCUT2D eigenvalue weighted by atomic mass is 32.1. The van der Waals surface area contributed by atoms with Gasteiger partial charge in [-0.2, -0.15) is 0 Å². The molecular weight excluding hydrogens is 268 g/mol. The molecule has 0 aliphatic carbocycles. The minimum Gasteiger partial charge on any atom is -0.388 e. The number of piperidine rings is 1. The van der Waals surface area contributed by atoms with Crippen LogP contribution < -0.4 is 5.32 Å². The molecule has 1 saturated heterocycles. The van der Waals surface area contributed by atoms with Gasteiger partial charge in [0.1, 0.15) is 0 Å². The maximum atomic E-state index is 10.2. The monoisotopic (exact) mass is 296 g/mol. The number of hydrogen-bond donors (Lipinski definition) is 2. The lowest BCUT2D eigenvalue weighted by atomic mass is 9.89. The van der Waals surface area contributed by atoms with E-state index in [9.17, 15) is 5.11 Å². The third-order valence-corrected chi connectivity index (χ3v) is 5.53.